The lowest BCUT2D eigenvalue weighted by molar-refractivity contribution is -0.123. The lowest BCUT2D eigenvalue weighted by Crippen LogP contribution is -2.39. The number of hydrogen-bond donors (Lipinski definition) is 1. The Morgan fingerprint density at radius 3 is 1.89 bits per heavy atom. The predicted octanol–water partition coefficient (Wildman–Crippen LogP) is 3.16. The molecule has 2 N–H and O–H groups in total. The molecular formula is C21H24N4OS. The fourth-order valence-electron chi connectivity index (χ4n) is 3.11. The van der Waals surface area contributed by atoms with Crippen LogP contribution >= 0.6 is 11.3 Å². The maximum Gasteiger partial charge on any atom is 0.240 e. The van der Waals surface area contributed by atoms with Crippen LogP contribution in [-0.4, -0.2) is 33.9 Å². The SMILES string of the molecule is Cc1ccc(C(C(N)=O)N(CCc2ccncc2)CCc2ccncc2)s1. The molecule has 0 saturated carbocycles. The van der Waals surface area contributed by atoms with E-state index < -0.39 is 6.04 Å². The summed E-state index contributed by atoms with van der Waals surface area (Å²) in [7, 11) is 0. The van der Waals surface area contributed by atoms with Gasteiger partial charge >= 0.3 is 0 Å². The van der Waals surface area contributed by atoms with Gasteiger partial charge in [0.25, 0.3) is 0 Å². The van der Waals surface area contributed by atoms with E-state index in [1.165, 1.54) is 16.0 Å². The Bertz CT molecular complexity index is 807. The quantitative estimate of drug-likeness (QED) is 0.619. The highest BCUT2D eigenvalue weighted by atomic mass is 32.1. The molecule has 0 saturated heterocycles. The molecule has 0 radical (unpaired) electrons. The minimum Gasteiger partial charge on any atom is -0.368 e. The van der Waals surface area contributed by atoms with Crippen LogP contribution in [0.4, 0.5) is 0 Å². The Morgan fingerprint density at radius 1 is 0.963 bits per heavy atom. The smallest absolute Gasteiger partial charge is 0.240 e. The van der Waals surface area contributed by atoms with E-state index in [1.807, 2.05) is 43.3 Å². The van der Waals surface area contributed by atoms with E-state index in [-0.39, 0.29) is 5.91 Å². The topological polar surface area (TPSA) is 72.1 Å². The Labute approximate surface area is 163 Å². The van der Waals surface area contributed by atoms with E-state index in [0.29, 0.717) is 0 Å². The molecule has 0 bridgehead atoms. The van der Waals surface area contributed by atoms with Crippen molar-refractivity contribution < 1.29 is 4.79 Å². The third-order valence-corrected chi connectivity index (χ3v) is 5.59. The number of carbonyl (C=O) groups excluding carboxylic acids is 1. The van der Waals surface area contributed by atoms with Crippen molar-refractivity contribution in [3.63, 3.8) is 0 Å². The van der Waals surface area contributed by atoms with E-state index in [2.05, 4.69) is 14.9 Å². The van der Waals surface area contributed by atoms with E-state index >= 15 is 0 Å². The minimum atomic E-state index is -0.410. The molecule has 140 valence electrons. The zero-order valence-corrected chi connectivity index (χ0v) is 16.2. The van der Waals surface area contributed by atoms with Gasteiger partial charge in [-0.3, -0.25) is 19.7 Å². The maximum absolute atomic E-state index is 12.3. The molecule has 0 aliphatic rings. The summed E-state index contributed by atoms with van der Waals surface area (Å²) in [5.74, 6) is -0.304. The Kier molecular flexibility index (Phi) is 6.68. The third-order valence-electron chi connectivity index (χ3n) is 4.54. The van der Waals surface area contributed by atoms with Crippen LogP contribution in [0.15, 0.2) is 61.2 Å². The molecule has 3 rings (SSSR count). The Morgan fingerprint density at radius 2 is 1.48 bits per heavy atom. The van der Waals surface area contributed by atoms with E-state index in [4.69, 9.17) is 5.73 Å². The van der Waals surface area contributed by atoms with Crippen LogP contribution in [0.5, 0.6) is 0 Å². The van der Waals surface area contributed by atoms with Gasteiger partial charge in [-0.2, -0.15) is 0 Å². The molecule has 0 aliphatic heterocycles. The number of thiophene rings is 1. The van der Waals surface area contributed by atoms with Gasteiger partial charge in [0, 0.05) is 47.6 Å². The number of pyridine rings is 2. The second-order valence-electron chi connectivity index (χ2n) is 6.50. The van der Waals surface area contributed by atoms with Crippen molar-refractivity contribution in [2.24, 2.45) is 5.73 Å². The lowest BCUT2D eigenvalue weighted by atomic mass is 10.1. The van der Waals surface area contributed by atoms with Gasteiger partial charge in [0.1, 0.15) is 6.04 Å². The highest BCUT2D eigenvalue weighted by Gasteiger charge is 2.26. The van der Waals surface area contributed by atoms with Gasteiger partial charge in [-0.1, -0.05) is 0 Å². The van der Waals surface area contributed by atoms with Crippen molar-refractivity contribution in [1.82, 2.24) is 14.9 Å². The van der Waals surface area contributed by atoms with E-state index in [9.17, 15) is 4.79 Å². The molecule has 0 spiro atoms. The van der Waals surface area contributed by atoms with Crippen molar-refractivity contribution in [3.8, 4) is 0 Å². The summed E-state index contributed by atoms with van der Waals surface area (Å²) in [6.07, 6.45) is 8.87. The third kappa shape index (κ3) is 5.45. The number of aryl methyl sites for hydroxylation is 1. The average Bonchev–Trinajstić information content (AvgIpc) is 3.11. The summed E-state index contributed by atoms with van der Waals surface area (Å²) in [5, 5.41) is 0. The molecule has 3 aromatic heterocycles. The van der Waals surface area contributed by atoms with Crippen LogP contribution in [0.2, 0.25) is 0 Å². The predicted molar refractivity (Wildman–Crippen MR) is 108 cm³/mol. The second-order valence-corrected chi connectivity index (χ2v) is 7.82. The first-order valence-corrected chi connectivity index (χ1v) is 9.82. The lowest BCUT2D eigenvalue weighted by Gasteiger charge is -2.29. The van der Waals surface area contributed by atoms with Crippen LogP contribution in [0.1, 0.15) is 26.9 Å². The van der Waals surface area contributed by atoms with Gasteiger partial charge in [-0.15, -0.1) is 11.3 Å². The molecule has 0 fully saturated rings. The summed E-state index contributed by atoms with van der Waals surface area (Å²) in [4.78, 5) is 24.9. The van der Waals surface area contributed by atoms with Gasteiger partial charge in [-0.25, -0.2) is 0 Å². The number of hydrogen-bond acceptors (Lipinski definition) is 5. The van der Waals surface area contributed by atoms with Gasteiger partial charge in [-0.05, 0) is 67.3 Å². The van der Waals surface area contributed by atoms with Crippen molar-refractivity contribution >= 4 is 17.2 Å². The summed E-state index contributed by atoms with van der Waals surface area (Å²) in [5.41, 5.74) is 8.22. The molecule has 0 aromatic carbocycles. The van der Waals surface area contributed by atoms with Crippen LogP contribution in [0.25, 0.3) is 0 Å². The van der Waals surface area contributed by atoms with Crippen molar-refractivity contribution in [3.05, 3.63) is 82.1 Å². The number of nitrogens with zero attached hydrogens (tertiary/aromatic N) is 3. The summed E-state index contributed by atoms with van der Waals surface area (Å²) in [6.45, 7) is 3.55. The number of primary amides is 1. The summed E-state index contributed by atoms with van der Waals surface area (Å²) in [6, 6.07) is 11.7. The van der Waals surface area contributed by atoms with E-state index in [0.717, 1.165) is 30.8 Å². The largest absolute Gasteiger partial charge is 0.368 e. The van der Waals surface area contributed by atoms with Gasteiger partial charge in [0.05, 0.1) is 0 Å². The van der Waals surface area contributed by atoms with Gasteiger partial charge in [0.2, 0.25) is 5.91 Å². The zero-order valence-electron chi connectivity index (χ0n) is 15.4. The maximum atomic E-state index is 12.3. The fraction of sp³-hybridized carbons (Fsp3) is 0.286. The van der Waals surface area contributed by atoms with Crippen molar-refractivity contribution in [2.45, 2.75) is 25.8 Å². The summed E-state index contributed by atoms with van der Waals surface area (Å²) >= 11 is 1.63. The number of carbonyl (C=O) groups is 1. The van der Waals surface area contributed by atoms with Crippen LogP contribution in [-0.2, 0) is 17.6 Å². The monoisotopic (exact) mass is 380 g/mol. The Balaban J connectivity index is 1.79. The van der Waals surface area contributed by atoms with Crippen molar-refractivity contribution in [1.29, 1.82) is 0 Å². The molecule has 0 aliphatic carbocycles. The van der Waals surface area contributed by atoms with Gasteiger partial charge < -0.3 is 5.73 Å². The molecule has 1 amide bonds. The first kappa shape index (κ1) is 19.2. The summed E-state index contributed by atoms with van der Waals surface area (Å²) < 4.78 is 0. The average molecular weight is 381 g/mol. The number of aromatic nitrogens is 2. The molecule has 5 nitrogen and oxygen atoms in total. The molecule has 1 atom stereocenters. The molecule has 3 aromatic rings. The molecular weight excluding hydrogens is 356 g/mol. The van der Waals surface area contributed by atoms with Gasteiger partial charge in [0.15, 0.2) is 0 Å². The highest BCUT2D eigenvalue weighted by Crippen LogP contribution is 2.28. The molecule has 27 heavy (non-hydrogen) atoms. The molecule has 6 heteroatoms. The fourth-order valence-corrected chi connectivity index (χ4v) is 4.14. The molecule has 3 heterocycles. The first-order chi connectivity index (χ1) is 13.1. The highest BCUT2D eigenvalue weighted by molar-refractivity contribution is 7.12. The van der Waals surface area contributed by atoms with Crippen LogP contribution in [0.3, 0.4) is 0 Å². The van der Waals surface area contributed by atoms with Crippen LogP contribution in [0, 0.1) is 6.92 Å². The number of amides is 1. The minimum absolute atomic E-state index is 0.304. The zero-order chi connectivity index (χ0) is 19.1. The molecule has 1 unspecified atom stereocenters. The van der Waals surface area contributed by atoms with Crippen molar-refractivity contribution in [2.75, 3.05) is 13.1 Å². The normalized spacial score (nSPS) is 12.2. The Hall–Kier alpha value is -2.57. The second kappa shape index (κ2) is 9.39. The standard InChI is InChI=1S/C21H24N4OS/c1-16-2-3-19(27-16)20(21(22)26)25(14-8-17-4-10-23-11-5-17)15-9-18-6-12-24-13-7-18/h2-7,10-13,20H,8-9,14-15H2,1H3,(H2,22,26). The first-order valence-electron chi connectivity index (χ1n) is 9.01. The number of rotatable bonds is 9. The number of nitrogens with two attached hydrogens (primary N) is 1. The van der Waals surface area contributed by atoms with Crippen LogP contribution < -0.4 is 5.73 Å². The van der Waals surface area contributed by atoms with E-state index in [1.54, 1.807) is 36.1 Å².